The van der Waals surface area contributed by atoms with Crippen LogP contribution in [0.2, 0.25) is 5.15 Å². The summed E-state index contributed by atoms with van der Waals surface area (Å²) in [5.74, 6) is -3.00. The van der Waals surface area contributed by atoms with Crippen LogP contribution in [0.4, 0.5) is 14.5 Å². The van der Waals surface area contributed by atoms with E-state index in [1.165, 1.54) is 6.20 Å². The van der Waals surface area contributed by atoms with Gasteiger partial charge in [-0.25, -0.2) is 13.8 Å². The minimum atomic E-state index is -3.00. The first-order chi connectivity index (χ1) is 5.41. The summed E-state index contributed by atoms with van der Waals surface area (Å²) in [6.45, 7) is 0.745. The molecule has 0 aromatic carbocycles. The molecule has 0 radical (unpaired) electrons. The topological polar surface area (TPSA) is 38.9 Å². The number of nitrogens with two attached hydrogens (primary N) is 1. The molecule has 1 rings (SSSR count). The lowest BCUT2D eigenvalue weighted by atomic mass is 10.1. The third-order valence-corrected chi connectivity index (χ3v) is 1.63. The van der Waals surface area contributed by atoms with Crippen molar-refractivity contribution < 1.29 is 8.78 Å². The highest BCUT2D eigenvalue weighted by Crippen LogP contribution is 2.32. The summed E-state index contributed by atoms with van der Waals surface area (Å²) in [6, 6.07) is 1.12. The summed E-state index contributed by atoms with van der Waals surface area (Å²) in [4.78, 5) is 3.51. The van der Waals surface area contributed by atoms with Gasteiger partial charge in [0.1, 0.15) is 5.15 Å². The molecule has 1 aromatic heterocycles. The number of halogens is 3. The van der Waals surface area contributed by atoms with Crippen LogP contribution in [0.25, 0.3) is 0 Å². The zero-order valence-corrected chi connectivity index (χ0v) is 7.07. The van der Waals surface area contributed by atoms with Gasteiger partial charge in [0.25, 0.3) is 5.92 Å². The standard InChI is InChI=1S/C7H7ClF2N2/c1-7(9,10)5-2-4(11)3-12-6(5)8/h2-3H,11H2,1H3. The Balaban J connectivity index is 3.23. The number of nitrogen functional groups attached to an aromatic ring is 1. The van der Waals surface area contributed by atoms with Crippen molar-refractivity contribution in [1.82, 2.24) is 4.98 Å². The molecule has 0 bridgehead atoms. The quantitative estimate of drug-likeness (QED) is 0.694. The van der Waals surface area contributed by atoms with Gasteiger partial charge in [-0.05, 0) is 6.07 Å². The van der Waals surface area contributed by atoms with E-state index in [0.29, 0.717) is 0 Å². The fourth-order valence-electron chi connectivity index (χ4n) is 0.772. The third kappa shape index (κ3) is 1.82. The van der Waals surface area contributed by atoms with Gasteiger partial charge in [0.2, 0.25) is 0 Å². The highest BCUT2D eigenvalue weighted by Gasteiger charge is 2.28. The summed E-state index contributed by atoms with van der Waals surface area (Å²) in [7, 11) is 0. The SMILES string of the molecule is CC(F)(F)c1cc(N)cnc1Cl. The molecule has 5 heteroatoms. The summed E-state index contributed by atoms with van der Waals surface area (Å²) in [5, 5.41) is -0.211. The van der Waals surface area contributed by atoms with Crippen molar-refractivity contribution in [2.45, 2.75) is 12.8 Å². The first kappa shape index (κ1) is 9.19. The Hall–Kier alpha value is -0.900. The number of alkyl halides is 2. The molecule has 2 nitrogen and oxygen atoms in total. The Morgan fingerprint density at radius 1 is 1.58 bits per heavy atom. The van der Waals surface area contributed by atoms with E-state index in [9.17, 15) is 8.78 Å². The van der Waals surface area contributed by atoms with E-state index >= 15 is 0 Å². The lowest BCUT2D eigenvalue weighted by molar-refractivity contribution is 0.0173. The van der Waals surface area contributed by atoms with E-state index in [0.717, 1.165) is 13.0 Å². The Morgan fingerprint density at radius 2 is 2.17 bits per heavy atom. The zero-order chi connectivity index (χ0) is 9.35. The second-order valence-electron chi connectivity index (χ2n) is 2.50. The van der Waals surface area contributed by atoms with Crippen molar-refractivity contribution in [1.29, 1.82) is 0 Å². The van der Waals surface area contributed by atoms with Crippen LogP contribution >= 0.6 is 11.6 Å². The number of aromatic nitrogens is 1. The summed E-state index contributed by atoms with van der Waals surface area (Å²) in [5.41, 5.74) is 5.10. The van der Waals surface area contributed by atoms with Crippen LogP contribution in [-0.4, -0.2) is 4.98 Å². The van der Waals surface area contributed by atoms with Gasteiger partial charge < -0.3 is 5.73 Å². The predicted octanol–water partition coefficient (Wildman–Crippen LogP) is 2.43. The molecule has 0 saturated carbocycles. The molecule has 2 N–H and O–H groups in total. The Labute approximate surface area is 73.4 Å². The van der Waals surface area contributed by atoms with Crippen molar-refractivity contribution in [2.24, 2.45) is 0 Å². The van der Waals surface area contributed by atoms with Gasteiger partial charge in [0, 0.05) is 6.92 Å². The average Bonchev–Trinajstić information content (AvgIpc) is 1.92. The van der Waals surface area contributed by atoms with Crippen molar-refractivity contribution in [2.75, 3.05) is 5.73 Å². The van der Waals surface area contributed by atoms with Crippen molar-refractivity contribution in [3.05, 3.63) is 23.0 Å². The molecule has 66 valence electrons. The molecule has 0 aliphatic heterocycles. The summed E-state index contributed by atoms with van der Waals surface area (Å²) in [6.07, 6.45) is 1.23. The Morgan fingerprint density at radius 3 is 2.58 bits per heavy atom. The van der Waals surface area contributed by atoms with Gasteiger partial charge in [-0.15, -0.1) is 0 Å². The smallest absolute Gasteiger partial charge is 0.273 e. The zero-order valence-electron chi connectivity index (χ0n) is 6.31. The van der Waals surface area contributed by atoms with Gasteiger partial charge in [-0.1, -0.05) is 11.6 Å². The van der Waals surface area contributed by atoms with Crippen LogP contribution in [0.15, 0.2) is 12.3 Å². The molecular formula is C7H7ClF2N2. The van der Waals surface area contributed by atoms with Crippen LogP contribution in [0, 0.1) is 0 Å². The van der Waals surface area contributed by atoms with Crippen molar-refractivity contribution in [3.8, 4) is 0 Å². The monoisotopic (exact) mass is 192 g/mol. The molecule has 0 atom stereocenters. The second kappa shape index (κ2) is 2.86. The summed E-state index contributed by atoms with van der Waals surface area (Å²) < 4.78 is 25.4. The molecule has 0 amide bonds. The van der Waals surface area contributed by atoms with Gasteiger partial charge in [-0.3, -0.25) is 0 Å². The largest absolute Gasteiger partial charge is 0.397 e. The van der Waals surface area contributed by atoms with Crippen molar-refractivity contribution in [3.63, 3.8) is 0 Å². The summed E-state index contributed by atoms with van der Waals surface area (Å²) >= 11 is 5.43. The van der Waals surface area contributed by atoms with Crippen LogP contribution in [0.3, 0.4) is 0 Å². The van der Waals surface area contributed by atoms with Crippen LogP contribution in [-0.2, 0) is 5.92 Å². The van der Waals surface area contributed by atoms with Crippen molar-refractivity contribution >= 4 is 17.3 Å². The molecular weight excluding hydrogens is 186 g/mol. The fraction of sp³-hybridized carbons (Fsp3) is 0.286. The normalized spacial score (nSPS) is 11.7. The fourth-order valence-corrected chi connectivity index (χ4v) is 1.04. The molecule has 0 aliphatic rings. The average molecular weight is 193 g/mol. The van der Waals surface area contributed by atoms with Gasteiger partial charge in [-0.2, -0.15) is 0 Å². The molecule has 0 spiro atoms. The lowest BCUT2D eigenvalue weighted by Crippen LogP contribution is -2.09. The van der Waals surface area contributed by atoms with Crippen LogP contribution in [0.1, 0.15) is 12.5 Å². The maximum Gasteiger partial charge on any atom is 0.273 e. The number of hydrogen-bond donors (Lipinski definition) is 1. The molecule has 0 saturated heterocycles. The van der Waals surface area contributed by atoms with Crippen LogP contribution in [0.5, 0.6) is 0 Å². The minimum Gasteiger partial charge on any atom is -0.397 e. The molecule has 0 aliphatic carbocycles. The van der Waals surface area contributed by atoms with Crippen LogP contribution < -0.4 is 5.73 Å². The molecule has 12 heavy (non-hydrogen) atoms. The number of nitrogens with zero attached hydrogens (tertiary/aromatic N) is 1. The maximum absolute atomic E-state index is 12.7. The van der Waals surface area contributed by atoms with E-state index in [1.54, 1.807) is 0 Å². The number of anilines is 1. The van der Waals surface area contributed by atoms with Gasteiger partial charge in [0.05, 0.1) is 17.4 Å². The van der Waals surface area contributed by atoms with Gasteiger partial charge >= 0.3 is 0 Å². The number of rotatable bonds is 1. The number of pyridine rings is 1. The minimum absolute atomic E-state index is 0.177. The van der Waals surface area contributed by atoms with E-state index in [2.05, 4.69) is 4.98 Å². The Bertz CT molecular complexity index is 296. The first-order valence-electron chi connectivity index (χ1n) is 3.20. The maximum atomic E-state index is 12.7. The van der Waals surface area contributed by atoms with Gasteiger partial charge in [0.15, 0.2) is 0 Å². The molecule has 0 fully saturated rings. The molecule has 0 unspecified atom stereocenters. The number of hydrogen-bond acceptors (Lipinski definition) is 2. The highest BCUT2D eigenvalue weighted by atomic mass is 35.5. The molecule has 1 heterocycles. The lowest BCUT2D eigenvalue weighted by Gasteiger charge is -2.11. The van der Waals surface area contributed by atoms with E-state index in [1.807, 2.05) is 0 Å². The van der Waals surface area contributed by atoms with E-state index in [4.69, 9.17) is 17.3 Å². The molecule has 1 aromatic rings. The van der Waals surface area contributed by atoms with E-state index in [-0.39, 0.29) is 16.4 Å². The first-order valence-corrected chi connectivity index (χ1v) is 3.58. The van der Waals surface area contributed by atoms with E-state index < -0.39 is 5.92 Å². The Kier molecular flexibility index (Phi) is 2.19. The predicted molar refractivity (Wildman–Crippen MR) is 43.2 cm³/mol. The second-order valence-corrected chi connectivity index (χ2v) is 2.85. The third-order valence-electron chi connectivity index (χ3n) is 1.33. The highest BCUT2D eigenvalue weighted by molar-refractivity contribution is 6.30.